The number of halogens is 1. The molecule has 0 radical (unpaired) electrons. The van der Waals surface area contributed by atoms with E-state index in [0.29, 0.717) is 25.5 Å². The number of amides is 1. The molecule has 0 saturated carbocycles. The predicted octanol–water partition coefficient (Wildman–Crippen LogP) is 2.60. The van der Waals surface area contributed by atoms with Gasteiger partial charge in [0.1, 0.15) is 5.01 Å². The van der Waals surface area contributed by atoms with Crippen molar-refractivity contribution in [1.29, 1.82) is 0 Å². The minimum Gasteiger partial charge on any atom is -0.385 e. The second-order valence-electron chi connectivity index (χ2n) is 5.23. The predicted molar refractivity (Wildman–Crippen MR) is 78.7 cm³/mol. The lowest BCUT2D eigenvalue weighted by Gasteiger charge is -2.24. The summed E-state index contributed by atoms with van der Waals surface area (Å²) in [6, 6.07) is 0. The number of ether oxygens (including phenoxy) is 1. The van der Waals surface area contributed by atoms with Gasteiger partial charge in [-0.05, 0) is 11.8 Å². The molecule has 1 aromatic heterocycles. The fourth-order valence-electron chi connectivity index (χ4n) is 1.50. The van der Waals surface area contributed by atoms with Gasteiger partial charge in [-0.2, -0.15) is 0 Å². The minimum atomic E-state index is 0.000893. The summed E-state index contributed by atoms with van der Waals surface area (Å²) >= 11 is 7.15. The molecule has 19 heavy (non-hydrogen) atoms. The Morgan fingerprint density at radius 2 is 2.32 bits per heavy atom. The molecule has 0 atom stereocenters. The highest BCUT2D eigenvalue weighted by molar-refractivity contribution is 7.09. The van der Waals surface area contributed by atoms with E-state index in [0.717, 1.165) is 17.1 Å². The zero-order chi connectivity index (χ0) is 14.3. The second-order valence-corrected chi connectivity index (χ2v) is 6.44. The van der Waals surface area contributed by atoms with Crippen molar-refractivity contribution in [3.8, 4) is 0 Å². The van der Waals surface area contributed by atoms with E-state index in [-0.39, 0.29) is 11.3 Å². The Balaban J connectivity index is 2.35. The molecule has 1 heterocycles. The molecule has 108 valence electrons. The first-order valence-corrected chi connectivity index (χ1v) is 7.63. The maximum absolute atomic E-state index is 11.8. The van der Waals surface area contributed by atoms with Crippen LogP contribution in [-0.2, 0) is 21.8 Å². The third-order valence-electron chi connectivity index (χ3n) is 2.80. The number of nitrogens with one attached hydrogen (secondary N) is 1. The van der Waals surface area contributed by atoms with Crippen molar-refractivity contribution in [3.63, 3.8) is 0 Å². The first-order valence-electron chi connectivity index (χ1n) is 6.22. The van der Waals surface area contributed by atoms with Gasteiger partial charge in [-0.1, -0.05) is 13.8 Å². The van der Waals surface area contributed by atoms with Crippen LogP contribution in [0.1, 0.15) is 31.0 Å². The van der Waals surface area contributed by atoms with Crippen molar-refractivity contribution in [2.24, 2.45) is 5.41 Å². The molecule has 4 nitrogen and oxygen atoms in total. The Morgan fingerprint density at radius 1 is 1.58 bits per heavy atom. The van der Waals surface area contributed by atoms with Crippen LogP contribution in [0.4, 0.5) is 0 Å². The average Bonchev–Trinajstić information content (AvgIpc) is 2.82. The lowest BCUT2D eigenvalue weighted by atomic mass is 9.90. The lowest BCUT2D eigenvalue weighted by molar-refractivity contribution is -0.120. The maximum Gasteiger partial charge on any atom is 0.226 e. The van der Waals surface area contributed by atoms with Gasteiger partial charge < -0.3 is 10.1 Å². The van der Waals surface area contributed by atoms with Gasteiger partial charge in [0, 0.05) is 25.6 Å². The summed E-state index contributed by atoms with van der Waals surface area (Å²) in [5.74, 6) is 0.392. The SMILES string of the molecule is COCCC(C)(C)CNC(=O)Cc1nc(CCl)cs1. The molecule has 0 saturated heterocycles. The fourth-order valence-corrected chi connectivity index (χ4v) is 2.52. The van der Waals surface area contributed by atoms with Crippen molar-refractivity contribution in [1.82, 2.24) is 10.3 Å². The normalized spacial score (nSPS) is 11.6. The zero-order valence-corrected chi connectivity index (χ0v) is 13.2. The molecule has 0 spiro atoms. The van der Waals surface area contributed by atoms with Gasteiger partial charge in [0.15, 0.2) is 0 Å². The summed E-state index contributed by atoms with van der Waals surface area (Å²) in [5.41, 5.74) is 0.866. The molecule has 0 aliphatic heterocycles. The number of hydrogen-bond acceptors (Lipinski definition) is 4. The Kier molecular flexibility index (Phi) is 6.75. The molecule has 0 aliphatic rings. The quantitative estimate of drug-likeness (QED) is 0.751. The maximum atomic E-state index is 11.8. The molecule has 6 heteroatoms. The van der Waals surface area contributed by atoms with Crippen LogP contribution in [0.2, 0.25) is 0 Å². The topological polar surface area (TPSA) is 51.2 Å². The molecule has 0 unspecified atom stereocenters. The van der Waals surface area contributed by atoms with Crippen LogP contribution in [0.15, 0.2) is 5.38 Å². The van der Waals surface area contributed by atoms with E-state index in [9.17, 15) is 4.79 Å². The van der Waals surface area contributed by atoms with Crippen molar-refractivity contribution >= 4 is 28.8 Å². The van der Waals surface area contributed by atoms with E-state index in [1.807, 2.05) is 5.38 Å². The minimum absolute atomic E-state index is 0.000893. The van der Waals surface area contributed by atoms with Gasteiger partial charge in [-0.3, -0.25) is 4.79 Å². The molecule has 0 aromatic carbocycles. The molecule has 1 rings (SSSR count). The van der Waals surface area contributed by atoms with Gasteiger partial charge >= 0.3 is 0 Å². The first kappa shape index (κ1) is 16.4. The monoisotopic (exact) mass is 304 g/mol. The number of nitrogens with zero attached hydrogens (tertiary/aromatic N) is 1. The molecular weight excluding hydrogens is 284 g/mol. The molecule has 0 fully saturated rings. The Labute approximate surface area is 123 Å². The number of aromatic nitrogens is 1. The number of thiazole rings is 1. The van der Waals surface area contributed by atoms with E-state index in [2.05, 4.69) is 24.1 Å². The number of hydrogen-bond donors (Lipinski definition) is 1. The number of carbonyl (C=O) groups excluding carboxylic acids is 1. The van der Waals surface area contributed by atoms with Gasteiger partial charge in [-0.15, -0.1) is 22.9 Å². The van der Waals surface area contributed by atoms with Gasteiger partial charge in [0.25, 0.3) is 0 Å². The van der Waals surface area contributed by atoms with E-state index in [1.165, 1.54) is 11.3 Å². The van der Waals surface area contributed by atoms with Crippen LogP contribution in [0, 0.1) is 5.41 Å². The summed E-state index contributed by atoms with van der Waals surface area (Å²) in [7, 11) is 1.69. The smallest absolute Gasteiger partial charge is 0.226 e. The molecule has 1 amide bonds. The van der Waals surface area contributed by atoms with E-state index in [1.54, 1.807) is 7.11 Å². The Morgan fingerprint density at radius 3 is 2.89 bits per heavy atom. The third-order valence-corrected chi connectivity index (χ3v) is 3.97. The molecule has 1 N–H and O–H groups in total. The van der Waals surface area contributed by atoms with Crippen LogP contribution < -0.4 is 5.32 Å². The molecule has 0 aliphatic carbocycles. The van der Waals surface area contributed by atoms with Crippen LogP contribution >= 0.6 is 22.9 Å². The van der Waals surface area contributed by atoms with Crippen molar-refractivity contribution in [3.05, 3.63) is 16.1 Å². The number of rotatable bonds is 8. The van der Waals surface area contributed by atoms with E-state index in [4.69, 9.17) is 16.3 Å². The Bertz CT molecular complexity index is 407. The largest absolute Gasteiger partial charge is 0.385 e. The van der Waals surface area contributed by atoms with E-state index >= 15 is 0 Å². The summed E-state index contributed by atoms with van der Waals surface area (Å²) in [4.78, 5) is 16.1. The van der Waals surface area contributed by atoms with Crippen LogP contribution in [0.25, 0.3) is 0 Å². The van der Waals surface area contributed by atoms with Crippen molar-refractivity contribution < 1.29 is 9.53 Å². The highest BCUT2D eigenvalue weighted by Crippen LogP contribution is 2.19. The third kappa shape index (κ3) is 6.36. The number of methoxy groups -OCH3 is 1. The average molecular weight is 305 g/mol. The van der Waals surface area contributed by atoms with Crippen LogP contribution in [-0.4, -0.2) is 31.2 Å². The summed E-state index contributed by atoms with van der Waals surface area (Å²) in [6.45, 7) is 5.57. The van der Waals surface area contributed by atoms with Gasteiger partial charge in [0.05, 0.1) is 18.0 Å². The fraction of sp³-hybridized carbons (Fsp3) is 0.692. The standard InChI is InChI=1S/C13H21ClN2O2S/c1-13(2,4-5-18-3)9-15-11(17)6-12-16-10(7-14)8-19-12/h8H,4-7,9H2,1-3H3,(H,15,17). The van der Waals surface area contributed by atoms with Crippen molar-refractivity contribution in [2.75, 3.05) is 20.3 Å². The van der Waals surface area contributed by atoms with Crippen LogP contribution in [0.3, 0.4) is 0 Å². The molecule has 0 bridgehead atoms. The zero-order valence-electron chi connectivity index (χ0n) is 11.7. The van der Waals surface area contributed by atoms with Crippen LogP contribution in [0.5, 0.6) is 0 Å². The Hall–Kier alpha value is -0.650. The molecule has 1 aromatic rings. The van der Waals surface area contributed by atoms with Gasteiger partial charge in [0.2, 0.25) is 5.91 Å². The first-order chi connectivity index (χ1) is 8.96. The van der Waals surface area contributed by atoms with Gasteiger partial charge in [-0.25, -0.2) is 4.98 Å². The highest BCUT2D eigenvalue weighted by atomic mass is 35.5. The second kappa shape index (κ2) is 7.82. The lowest BCUT2D eigenvalue weighted by Crippen LogP contribution is -2.35. The number of carbonyl (C=O) groups is 1. The van der Waals surface area contributed by atoms with E-state index < -0.39 is 0 Å². The molecular formula is C13H21ClN2O2S. The summed E-state index contributed by atoms with van der Waals surface area (Å²) < 4.78 is 5.06. The van der Waals surface area contributed by atoms with Crippen molar-refractivity contribution in [2.45, 2.75) is 32.6 Å². The highest BCUT2D eigenvalue weighted by Gasteiger charge is 2.18. The summed E-state index contributed by atoms with van der Waals surface area (Å²) in [6.07, 6.45) is 1.24. The number of alkyl halides is 1. The summed E-state index contributed by atoms with van der Waals surface area (Å²) in [5, 5.41) is 5.64.